The summed E-state index contributed by atoms with van der Waals surface area (Å²) < 4.78 is 0. The van der Waals surface area contributed by atoms with Crippen LogP contribution in [0.1, 0.15) is 5.56 Å². The number of carbonyl (C=O) groups excluding carboxylic acids is 1. The third-order valence-electron chi connectivity index (χ3n) is 3.34. The first-order valence-corrected chi connectivity index (χ1v) is 6.56. The Labute approximate surface area is 125 Å². The minimum atomic E-state index is -0.494. The van der Waals surface area contributed by atoms with E-state index in [2.05, 4.69) is 15.6 Å². The molecule has 3 rings (SSSR count). The molecule has 0 bridgehead atoms. The molecule has 0 atom stereocenters. The van der Waals surface area contributed by atoms with Gasteiger partial charge in [-0.05, 0) is 12.1 Å². The van der Waals surface area contributed by atoms with E-state index >= 15 is 0 Å². The molecule has 2 aromatic rings. The number of rotatable bonds is 3. The zero-order valence-electron chi connectivity index (χ0n) is 11.7. The Morgan fingerprint density at radius 1 is 1.23 bits per heavy atom. The maximum absolute atomic E-state index is 12.1. The molecule has 22 heavy (non-hydrogen) atoms. The van der Waals surface area contributed by atoms with Crippen molar-refractivity contribution in [2.45, 2.75) is 0 Å². The normalized spacial score (nSPS) is 14.6. The average molecular weight is 296 g/mol. The molecule has 110 valence electrons. The van der Waals surface area contributed by atoms with Gasteiger partial charge in [0.1, 0.15) is 5.71 Å². The molecule has 2 N–H and O–H groups in total. The Kier molecular flexibility index (Phi) is 3.30. The summed E-state index contributed by atoms with van der Waals surface area (Å²) in [6.07, 6.45) is 0. The van der Waals surface area contributed by atoms with Crippen LogP contribution >= 0.6 is 0 Å². The number of anilines is 2. The molecule has 0 fully saturated rings. The number of hydrogen-bond acceptors (Lipinski definition) is 5. The first-order valence-electron chi connectivity index (χ1n) is 6.56. The fourth-order valence-electron chi connectivity index (χ4n) is 2.27. The molecule has 1 heterocycles. The summed E-state index contributed by atoms with van der Waals surface area (Å²) >= 11 is 0. The molecule has 7 nitrogen and oxygen atoms in total. The Morgan fingerprint density at radius 3 is 2.73 bits per heavy atom. The lowest BCUT2D eigenvalue weighted by Crippen LogP contribution is -2.14. The van der Waals surface area contributed by atoms with Crippen LogP contribution in [0.5, 0.6) is 0 Å². The van der Waals surface area contributed by atoms with Crippen molar-refractivity contribution in [2.24, 2.45) is 4.99 Å². The van der Waals surface area contributed by atoms with Gasteiger partial charge in [-0.25, -0.2) is 4.99 Å². The molecular formula is C15H12N4O3. The summed E-state index contributed by atoms with van der Waals surface area (Å²) in [5, 5.41) is 16.5. The van der Waals surface area contributed by atoms with E-state index in [0.29, 0.717) is 22.6 Å². The Hall–Kier alpha value is -3.22. The van der Waals surface area contributed by atoms with Crippen molar-refractivity contribution < 1.29 is 9.72 Å². The molecule has 0 aromatic heterocycles. The molecule has 0 unspecified atom stereocenters. The van der Waals surface area contributed by atoms with Crippen LogP contribution in [0.3, 0.4) is 0 Å². The monoisotopic (exact) mass is 296 g/mol. The molecule has 1 aliphatic rings. The molecule has 0 radical (unpaired) electrons. The van der Waals surface area contributed by atoms with Gasteiger partial charge in [-0.3, -0.25) is 14.9 Å². The number of para-hydroxylation sites is 1. The van der Waals surface area contributed by atoms with Gasteiger partial charge >= 0.3 is 0 Å². The van der Waals surface area contributed by atoms with Crippen LogP contribution in [0.4, 0.5) is 22.7 Å². The van der Waals surface area contributed by atoms with Crippen LogP contribution in [-0.4, -0.2) is 23.6 Å². The van der Waals surface area contributed by atoms with E-state index in [4.69, 9.17) is 0 Å². The largest absolute Gasteiger partial charge is 0.386 e. The Morgan fingerprint density at radius 2 is 2.00 bits per heavy atom. The fourth-order valence-corrected chi connectivity index (χ4v) is 2.27. The molecule has 0 saturated heterocycles. The second-order valence-electron chi connectivity index (χ2n) is 4.67. The highest BCUT2D eigenvalue weighted by Gasteiger charge is 2.25. The maximum atomic E-state index is 12.1. The lowest BCUT2D eigenvalue weighted by Gasteiger charge is -2.05. The van der Waals surface area contributed by atoms with Crippen LogP contribution in [0.2, 0.25) is 0 Å². The van der Waals surface area contributed by atoms with Crippen molar-refractivity contribution in [3.05, 3.63) is 58.1 Å². The second kappa shape index (κ2) is 5.28. The van der Waals surface area contributed by atoms with E-state index in [0.717, 1.165) is 0 Å². The van der Waals surface area contributed by atoms with Crippen molar-refractivity contribution in [1.29, 1.82) is 0 Å². The van der Waals surface area contributed by atoms with Crippen LogP contribution < -0.4 is 10.6 Å². The van der Waals surface area contributed by atoms with Crippen LogP contribution in [0, 0.1) is 10.1 Å². The predicted octanol–water partition coefficient (Wildman–Crippen LogP) is 2.71. The highest BCUT2D eigenvalue weighted by molar-refractivity contribution is 6.54. The van der Waals surface area contributed by atoms with E-state index in [1.54, 1.807) is 31.3 Å². The number of hydrogen-bond donors (Lipinski definition) is 2. The minimum Gasteiger partial charge on any atom is -0.386 e. The summed E-state index contributed by atoms with van der Waals surface area (Å²) in [5.74, 6) is -0.324. The third kappa shape index (κ3) is 2.28. The third-order valence-corrected chi connectivity index (χ3v) is 3.34. The summed E-state index contributed by atoms with van der Waals surface area (Å²) in [4.78, 5) is 26.8. The molecule has 0 saturated carbocycles. The lowest BCUT2D eigenvalue weighted by atomic mass is 10.1. The topological polar surface area (TPSA) is 96.6 Å². The average Bonchev–Trinajstić information content (AvgIpc) is 2.83. The molecule has 0 spiro atoms. The number of aliphatic imine (C=N–C) groups is 1. The number of amides is 1. The van der Waals surface area contributed by atoms with Crippen LogP contribution in [-0.2, 0) is 4.79 Å². The van der Waals surface area contributed by atoms with Gasteiger partial charge in [0.2, 0.25) is 0 Å². The highest BCUT2D eigenvalue weighted by Crippen LogP contribution is 2.32. The standard InChI is InChI=1S/C15H12N4O3/c1-16-12-7-6-9(19(21)22)8-13(12)17-14-10-4-2-3-5-11(10)18-15(14)20/h2-8,16H,1H3,(H,17,18,20). The van der Waals surface area contributed by atoms with Crippen LogP contribution in [0.25, 0.3) is 0 Å². The zero-order valence-corrected chi connectivity index (χ0v) is 11.7. The summed E-state index contributed by atoms with van der Waals surface area (Å²) in [6.45, 7) is 0. The molecule has 1 amide bonds. The zero-order chi connectivity index (χ0) is 15.7. The number of carbonyl (C=O) groups is 1. The van der Waals surface area contributed by atoms with Gasteiger partial charge in [0.25, 0.3) is 11.6 Å². The van der Waals surface area contributed by atoms with Gasteiger partial charge in [0.15, 0.2) is 0 Å². The maximum Gasteiger partial charge on any atom is 0.275 e. The van der Waals surface area contributed by atoms with Crippen molar-refractivity contribution in [3.63, 3.8) is 0 Å². The van der Waals surface area contributed by atoms with E-state index in [1.807, 2.05) is 6.07 Å². The number of fused-ring (bicyclic) bond motifs is 1. The van der Waals surface area contributed by atoms with Crippen molar-refractivity contribution in [1.82, 2.24) is 0 Å². The van der Waals surface area contributed by atoms with E-state index < -0.39 is 4.92 Å². The summed E-state index contributed by atoms with van der Waals surface area (Å²) in [7, 11) is 1.69. The number of nitro benzene ring substituents is 1. The first-order chi connectivity index (χ1) is 10.6. The van der Waals surface area contributed by atoms with Gasteiger partial charge in [0, 0.05) is 24.7 Å². The highest BCUT2D eigenvalue weighted by atomic mass is 16.6. The summed E-state index contributed by atoms with van der Waals surface area (Å²) in [6, 6.07) is 11.5. The predicted molar refractivity (Wildman–Crippen MR) is 83.9 cm³/mol. The smallest absolute Gasteiger partial charge is 0.275 e. The summed E-state index contributed by atoms with van der Waals surface area (Å²) in [5.41, 5.74) is 2.48. The molecule has 0 aliphatic carbocycles. The number of non-ortho nitro benzene ring substituents is 1. The van der Waals surface area contributed by atoms with Gasteiger partial charge in [0.05, 0.1) is 22.0 Å². The van der Waals surface area contributed by atoms with Gasteiger partial charge in [-0.1, -0.05) is 18.2 Å². The number of nitrogens with one attached hydrogen (secondary N) is 2. The Bertz CT molecular complexity index is 814. The van der Waals surface area contributed by atoms with E-state index in [1.165, 1.54) is 12.1 Å². The molecule has 7 heteroatoms. The Balaban J connectivity index is 2.14. The van der Waals surface area contributed by atoms with Gasteiger partial charge in [-0.15, -0.1) is 0 Å². The molecule has 1 aliphatic heterocycles. The molecule has 2 aromatic carbocycles. The minimum absolute atomic E-state index is 0.0787. The van der Waals surface area contributed by atoms with Gasteiger partial charge in [-0.2, -0.15) is 0 Å². The first kappa shape index (κ1) is 13.7. The number of nitro groups is 1. The van der Waals surface area contributed by atoms with E-state index in [9.17, 15) is 14.9 Å². The molecular weight excluding hydrogens is 284 g/mol. The van der Waals surface area contributed by atoms with Crippen molar-refractivity contribution in [2.75, 3.05) is 17.7 Å². The van der Waals surface area contributed by atoms with Crippen molar-refractivity contribution in [3.8, 4) is 0 Å². The number of nitrogens with zero attached hydrogens (tertiary/aromatic N) is 2. The number of benzene rings is 2. The quantitative estimate of drug-likeness (QED) is 0.672. The van der Waals surface area contributed by atoms with Crippen LogP contribution in [0.15, 0.2) is 47.5 Å². The van der Waals surface area contributed by atoms with Gasteiger partial charge < -0.3 is 10.6 Å². The lowest BCUT2D eigenvalue weighted by molar-refractivity contribution is -0.384. The fraction of sp³-hybridized carbons (Fsp3) is 0.0667. The SMILES string of the molecule is CNc1ccc([N+](=O)[O-])cc1N=C1C(=O)Nc2ccccc21. The second-order valence-corrected chi connectivity index (χ2v) is 4.67. The van der Waals surface area contributed by atoms with E-state index in [-0.39, 0.29) is 17.3 Å². The van der Waals surface area contributed by atoms with Crippen molar-refractivity contribution >= 4 is 34.4 Å².